The van der Waals surface area contributed by atoms with Crippen LogP contribution in [0.5, 0.6) is 0 Å². The zero-order valence-electron chi connectivity index (χ0n) is 11.5. The first-order valence-electron chi connectivity index (χ1n) is 6.53. The first kappa shape index (κ1) is 13.3. The molecule has 3 rings (SSSR count). The number of hydrogen-bond acceptors (Lipinski definition) is 5. The number of fused-ring (bicyclic) bond motifs is 1. The summed E-state index contributed by atoms with van der Waals surface area (Å²) in [6, 6.07) is 4.73. The highest BCUT2D eigenvalue weighted by Crippen LogP contribution is 2.24. The fraction of sp³-hybridized carbons (Fsp3) is 0.286. The summed E-state index contributed by atoms with van der Waals surface area (Å²) >= 11 is 0. The predicted molar refractivity (Wildman–Crippen MR) is 76.3 cm³/mol. The van der Waals surface area contributed by atoms with Gasteiger partial charge in [0.25, 0.3) is 0 Å². The summed E-state index contributed by atoms with van der Waals surface area (Å²) in [5.74, 6) is -0.291. The molecule has 1 saturated heterocycles. The second-order valence-electron chi connectivity index (χ2n) is 4.97. The molecule has 1 aliphatic heterocycles. The van der Waals surface area contributed by atoms with Crippen molar-refractivity contribution in [1.29, 1.82) is 0 Å². The molecule has 7 heteroatoms. The highest BCUT2D eigenvalue weighted by molar-refractivity contribution is 5.97. The Bertz CT molecular complexity index is 731. The van der Waals surface area contributed by atoms with Gasteiger partial charge in [-0.25, -0.2) is 14.8 Å². The Labute approximate surface area is 120 Å². The number of piperazine rings is 1. The van der Waals surface area contributed by atoms with E-state index in [9.17, 15) is 9.59 Å². The molecule has 0 saturated carbocycles. The lowest BCUT2D eigenvalue weighted by atomic mass is 10.1. The number of hydrogen-bond donors (Lipinski definition) is 1. The third-order valence-corrected chi connectivity index (χ3v) is 3.62. The molecule has 0 bridgehead atoms. The van der Waals surface area contributed by atoms with Crippen molar-refractivity contribution in [3.05, 3.63) is 30.1 Å². The molecule has 108 valence electrons. The van der Waals surface area contributed by atoms with Gasteiger partial charge in [-0.15, -0.1) is 0 Å². The molecule has 21 heavy (non-hydrogen) atoms. The van der Waals surface area contributed by atoms with Crippen molar-refractivity contribution in [3.63, 3.8) is 0 Å². The normalized spacial score (nSPS) is 15.6. The van der Waals surface area contributed by atoms with Crippen molar-refractivity contribution in [2.45, 2.75) is 0 Å². The van der Waals surface area contributed by atoms with Gasteiger partial charge in [-0.3, -0.25) is 4.79 Å². The number of carbonyl (C=O) groups is 2. The third-order valence-electron chi connectivity index (χ3n) is 3.62. The van der Waals surface area contributed by atoms with Gasteiger partial charge in [0.05, 0.1) is 17.6 Å². The molecule has 1 fully saturated rings. The van der Waals surface area contributed by atoms with Gasteiger partial charge >= 0.3 is 5.97 Å². The molecule has 7 nitrogen and oxygen atoms in total. The Morgan fingerprint density at radius 1 is 1.29 bits per heavy atom. The Balaban J connectivity index is 2.03. The average molecular weight is 286 g/mol. The number of carbonyl (C=O) groups excluding carboxylic acids is 1. The summed E-state index contributed by atoms with van der Waals surface area (Å²) in [7, 11) is 1.77. The predicted octanol–water partition coefficient (Wildman–Crippen LogP) is 0.606. The van der Waals surface area contributed by atoms with Crippen LogP contribution < -0.4 is 4.90 Å². The van der Waals surface area contributed by atoms with Gasteiger partial charge in [-0.2, -0.15) is 0 Å². The second kappa shape index (κ2) is 5.01. The van der Waals surface area contributed by atoms with Crippen LogP contribution in [0, 0.1) is 0 Å². The molecule has 0 aliphatic carbocycles. The molecule has 1 aromatic heterocycles. The fourth-order valence-corrected chi connectivity index (χ4v) is 2.37. The lowest BCUT2D eigenvalue weighted by Crippen LogP contribution is -2.48. The minimum Gasteiger partial charge on any atom is -0.478 e. The van der Waals surface area contributed by atoms with Crippen LogP contribution in [0.4, 0.5) is 5.82 Å². The van der Waals surface area contributed by atoms with Crippen LogP contribution >= 0.6 is 0 Å². The van der Waals surface area contributed by atoms with E-state index in [1.165, 1.54) is 18.5 Å². The molecule has 0 radical (unpaired) electrons. The topological polar surface area (TPSA) is 86.6 Å². The van der Waals surface area contributed by atoms with Crippen molar-refractivity contribution in [2.24, 2.45) is 0 Å². The maximum atomic E-state index is 11.8. The lowest BCUT2D eigenvalue weighted by molar-refractivity contribution is -0.129. The number of carboxylic acid groups (broad SMARTS) is 1. The maximum absolute atomic E-state index is 11.8. The summed E-state index contributed by atoms with van der Waals surface area (Å²) in [4.78, 5) is 34.8. The number of benzene rings is 1. The Morgan fingerprint density at radius 3 is 2.81 bits per heavy atom. The van der Waals surface area contributed by atoms with E-state index < -0.39 is 5.97 Å². The maximum Gasteiger partial charge on any atom is 0.335 e. The molecule has 1 N–H and O–H groups in total. The monoisotopic (exact) mass is 286 g/mol. The minimum absolute atomic E-state index is 0.0372. The van der Waals surface area contributed by atoms with Crippen LogP contribution in [-0.4, -0.2) is 58.5 Å². The van der Waals surface area contributed by atoms with E-state index in [0.717, 1.165) is 5.39 Å². The van der Waals surface area contributed by atoms with E-state index in [1.807, 2.05) is 4.90 Å². The number of aromatic nitrogens is 2. The van der Waals surface area contributed by atoms with Gasteiger partial charge in [0.15, 0.2) is 0 Å². The summed E-state index contributed by atoms with van der Waals surface area (Å²) in [6.07, 6.45) is 1.39. The van der Waals surface area contributed by atoms with E-state index in [2.05, 4.69) is 9.97 Å². The Hall–Kier alpha value is -2.70. The minimum atomic E-state index is -0.994. The molecule has 1 aromatic carbocycles. The van der Waals surface area contributed by atoms with E-state index in [4.69, 9.17) is 5.11 Å². The van der Waals surface area contributed by atoms with E-state index >= 15 is 0 Å². The number of carboxylic acids is 1. The van der Waals surface area contributed by atoms with Crippen LogP contribution in [-0.2, 0) is 4.79 Å². The van der Waals surface area contributed by atoms with Gasteiger partial charge in [0, 0.05) is 25.5 Å². The van der Waals surface area contributed by atoms with Gasteiger partial charge in [0.2, 0.25) is 5.91 Å². The van der Waals surface area contributed by atoms with Crippen LogP contribution in [0.2, 0.25) is 0 Å². The molecule has 0 spiro atoms. The van der Waals surface area contributed by atoms with Crippen molar-refractivity contribution >= 4 is 28.6 Å². The molecule has 0 unspecified atom stereocenters. The molecule has 2 heterocycles. The number of rotatable bonds is 2. The lowest BCUT2D eigenvalue weighted by Gasteiger charge is -2.33. The second-order valence-corrected chi connectivity index (χ2v) is 4.97. The molecule has 1 aliphatic rings. The molecular weight excluding hydrogens is 272 g/mol. The summed E-state index contributed by atoms with van der Waals surface area (Å²) < 4.78 is 0. The number of aromatic carboxylic acids is 1. The molecular formula is C14H14N4O3. The standard InChI is InChI=1S/C14H14N4O3/c1-17-4-5-18(7-12(17)19)13-10-3-2-9(14(20)21)6-11(10)15-8-16-13/h2-3,6,8H,4-5,7H2,1H3,(H,20,21). The molecule has 0 atom stereocenters. The zero-order chi connectivity index (χ0) is 15.0. The summed E-state index contributed by atoms with van der Waals surface area (Å²) in [5, 5.41) is 9.77. The fourth-order valence-electron chi connectivity index (χ4n) is 2.37. The third kappa shape index (κ3) is 2.37. The van der Waals surface area contributed by atoms with Gasteiger partial charge in [-0.05, 0) is 18.2 Å². The Kier molecular flexibility index (Phi) is 3.17. The first-order valence-corrected chi connectivity index (χ1v) is 6.53. The summed E-state index contributed by atoms with van der Waals surface area (Å²) in [6.45, 7) is 1.59. The van der Waals surface area contributed by atoms with Crippen molar-refractivity contribution in [2.75, 3.05) is 31.6 Å². The van der Waals surface area contributed by atoms with E-state index in [0.29, 0.717) is 24.4 Å². The van der Waals surface area contributed by atoms with Crippen LogP contribution in [0.3, 0.4) is 0 Å². The Morgan fingerprint density at radius 2 is 2.10 bits per heavy atom. The van der Waals surface area contributed by atoms with Gasteiger partial charge < -0.3 is 14.9 Å². The van der Waals surface area contributed by atoms with Crippen LogP contribution in [0.1, 0.15) is 10.4 Å². The highest BCUT2D eigenvalue weighted by Gasteiger charge is 2.23. The zero-order valence-corrected chi connectivity index (χ0v) is 11.5. The smallest absolute Gasteiger partial charge is 0.335 e. The number of anilines is 1. The quantitative estimate of drug-likeness (QED) is 0.870. The van der Waals surface area contributed by atoms with Crippen LogP contribution in [0.15, 0.2) is 24.5 Å². The highest BCUT2D eigenvalue weighted by atomic mass is 16.4. The van der Waals surface area contributed by atoms with Crippen molar-refractivity contribution in [1.82, 2.24) is 14.9 Å². The number of nitrogens with zero attached hydrogens (tertiary/aromatic N) is 4. The summed E-state index contributed by atoms with van der Waals surface area (Å²) in [5.41, 5.74) is 0.743. The van der Waals surface area contributed by atoms with Gasteiger partial charge in [-0.1, -0.05) is 0 Å². The molecule has 1 amide bonds. The van der Waals surface area contributed by atoms with Crippen LogP contribution in [0.25, 0.3) is 10.9 Å². The van der Waals surface area contributed by atoms with E-state index in [1.54, 1.807) is 18.0 Å². The number of likely N-dealkylation sites (N-methyl/N-ethyl adjacent to an activating group) is 1. The SMILES string of the molecule is CN1CCN(c2ncnc3cc(C(=O)O)ccc23)CC1=O. The molecule has 2 aromatic rings. The number of amides is 1. The largest absolute Gasteiger partial charge is 0.478 e. The van der Waals surface area contributed by atoms with E-state index in [-0.39, 0.29) is 18.0 Å². The van der Waals surface area contributed by atoms with Gasteiger partial charge in [0.1, 0.15) is 12.1 Å². The van der Waals surface area contributed by atoms with Crippen molar-refractivity contribution < 1.29 is 14.7 Å². The first-order chi connectivity index (χ1) is 10.1. The van der Waals surface area contributed by atoms with Crippen molar-refractivity contribution in [3.8, 4) is 0 Å². The average Bonchev–Trinajstić information content (AvgIpc) is 2.49.